The fourth-order valence-electron chi connectivity index (χ4n) is 2.26. The van der Waals surface area contributed by atoms with E-state index in [4.69, 9.17) is 11.6 Å². The van der Waals surface area contributed by atoms with Crippen LogP contribution in [0.25, 0.3) is 0 Å². The van der Waals surface area contributed by atoms with Crippen molar-refractivity contribution in [2.75, 3.05) is 19.0 Å². The zero-order valence-corrected chi connectivity index (χ0v) is 11.7. The van der Waals surface area contributed by atoms with Crippen LogP contribution in [0.1, 0.15) is 23.2 Å². The highest BCUT2D eigenvalue weighted by Crippen LogP contribution is 2.12. The van der Waals surface area contributed by atoms with Crippen LogP contribution in [0, 0.1) is 5.82 Å². The summed E-state index contributed by atoms with van der Waals surface area (Å²) >= 11 is 5.50. The summed E-state index contributed by atoms with van der Waals surface area (Å²) in [6.07, 6.45) is 1.37. The maximum Gasteiger partial charge on any atom is 0.251 e. The van der Waals surface area contributed by atoms with Gasteiger partial charge in [0.1, 0.15) is 11.7 Å². The lowest BCUT2D eigenvalue weighted by molar-refractivity contribution is -0.129. The van der Waals surface area contributed by atoms with Crippen LogP contribution >= 0.6 is 11.6 Å². The standard InChI is InChI=1S/C14H16ClFN2O2/c15-9-13(19)18-6-4-12(5-7-18)17-14(20)10-2-1-3-11(16)8-10/h1-3,8,12H,4-7,9H2,(H,17,20). The van der Waals surface area contributed by atoms with Gasteiger partial charge in [-0.1, -0.05) is 6.07 Å². The van der Waals surface area contributed by atoms with Crippen molar-refractivity contribution in [2.45, 2.75) is 18.9 Å². The minimum atomic E-state index is -0.430. The number of amides is 2. The average Bonchev–Trinajstić information content (AvgIpc) is 2.47. The van der Waals surface area contributed by atoms with Crippen molar-refractivity contribution in [1.29, 1.82) is 0 Å². The minimum Gasteiger partial charge on any atom is -0.349 e. The first-order valence-electron chi connectivity index (χ1n) is 6.50. The number of hydrogen-bond acceptors (Lipinski definition) is 2. The molecule has 0 aliphatic carbocycles. The van der Waals surface area contributed by atoms with Gasteiger partial charge in [-0.05, 0) is 31.0 Å². The van der Waals surface area contributed by atoms with E-state index >= 15 is 0 Å². The molecule has 0 spiro atoms. The molecule has 1 aliphatic heterocycles. The zero-order chi connectivity index (χ0) is 14.5. The monoisotopic (exact) mass is 298 g/mol. The fraction of sp³-hybridized carbons (Fsp3) is 0.429. The van der Waals surface area contributed by atoms with E-state index in [0.29, 0.717) is 31.5 Å². The molecule has 1 fully saturated rings. The van der Waals surface area contributed by atoms with E-state index in [1.165, 1.54) is 18.2 Å². The number of likely N-dealkylation sites (tertiary alicyclic amines) is 1. The van der Waals surface area contributed by atoms with Crippen molar-refractivity contribution in [3.63, 3.8) is 0 Å². The quantitative estimate of drug-likeness (QED) is 0.865. The minimum absolute atomic E-state index is 0.00476. The number of benzene rings is 1. The van der Waals surface area contributed by atoms with Crippen molar-refractivity contribution in [3.8, 4) is 0 Å². The molecule has 0 bridgehead atoms. The predicted molar refractivity (Wildman–Crippen MR) is 74.2 cm³/mol. The van der Waals surface area contributed by atoms with Gasteiger partial charge in [-0.3, -0.25) is 9.59 Å². The second-order valence-corrected chi connectivity index (χ2v) is 5.04. The van der Waals surface area contributed by atoms with Gasteiger partial charge in [0.25, 0.3) is 5.91 Å². The van der Waals surface area contributed by atoms with Crippen molar-refractivity contribution in [1.82, 2.24) is 10.2 Å². The molecular formula is C14H16ClFN2O2. The number of carbonyl (C=O) groups excluding carboxylic acids is 2. The summed E-state index contributed by atoms with van der Waals surface area (Å²) in [6, 6.07) is 5.59. The predicted octanol–water partition coefficient (Wildman–Crippen LogP) is 1.79. The molecule has 1 saturated heterocycles. The smallest absolute Gasteiger partial charge is 0.251 e. The van der Waals surface area contributed by atoms with Crippen LogP contribution in [-0.4, -0.2) is 41.7 Å². The molecule has 4 nitrogen and oxygen atoms in total. The van der Waals surface area contributed by atoms with Crippen molar-refractivity contribution < 1.29 is 14.0 Å². The second-order valence-electron chi connectivity index (χ2n) is 4.77. The number of halogens is 2. The number of hydrogen-bond donors (Lipinski definition) is 1. The third-order valence-electron chi connectivity index (χ3n) is 3.38. The van der Waals surface area contributed by atoms with E-state index in [2.05, 4.69) is 5.32 Å². The third-order valence-corrected chi connectivity index (χ3v) is 3.61. The second kappa shape index (κ2) is 6.70. The van der Waals surface area contributed by atoms with Gasteiger partial charge in [0.2, 0.25) is 5.91 Å². The lowest BCUT2D eigenvalue weighted by Crippen LogP contribution is -2.46. The Morgan fingerprint density at radius 2 is 2.05 bits per heavy atom. The van der Waals surface area contributed by atoms with Gasteiger partial charge in [0.05, 0.1) is 0 Å². The molecule has 1 heterocycles. The summed E-state index contributed by atoms with van der Waals surface area (Å²) in [5.41, 5.74) is 0.310. The first-order valence-corrected chi connectivity index (χ1v) is 7.04. The van der Waals surface area contributed by atoms with E-state index in [1.54, 1.807) is 11.0 Å². The van der Waals surface area contributed by atoms with Crippen LogP contribution in [0.15, 0.2) is 24.3 Å². The van der Waals surface area contributed by atoms with Gasteiger partial charge in [-0.25, -0.2) is 4.39 Å². The maximum absolute atomic E-state index is 13.0. The summed E-state index contributed by atoms with van der Waals surface area (Å²) in [6.45, 7) is 1.17. The molecule has 6 heteroatoms. The molecule has 0 unspecified atom stereocenters. The molecular weight excluding hydrogens is 283 g/mol. The molecule has 108 valence electrons. The van der Waals surface area contributed by atoms with Gasteiger partial charge in [-0.2, -0.15) is 0 Å². The molecule has 1 aromatic carbocycles. The molecule has 2 rings (SSSR count). The summed E-state index contributed by atoms with van der Waals surface area (Å²) in [7, 11) is 0. The molecule has 1 N–H and O–H groups in total. The van der Waals surface area contributed by atoms with Crippen LogP contribution in [-0.2, 0) is 4.79 Å². The number of nitrogens with zero attached hydrogens (tertiary/aromatic N) is 1. The lowest BCUT2D eigenvalue weighted by Gasteiger charge is -2.32. The molecule has 2 amide bonds. The summed E-state index contributed by atoms with van der Waals surface area (Å²) in [5.74, 6) is -0.811. The Bertz CT molecular complexity index is 502. The molecule has 1 aromatic rings. The van der Waals surface area contributed by atoms with Crippen LogP contribution in [0.5, 0.6) is 0 Å². The molecule has 20 heavy (non-hydrogen) atoms. The Morgan fingerprint density at radius 1 is 1.35 bits per heavy atom. The number of piperidine rings is 1. The fourth-order valence-corrected chi connectivity index (χ4v) is 2.43. The largest absolute Gasteiger partial charge is 0.349 e. The molecule has 0 radical (unpaired) electrons. The van der Waals surface area contributed by atoms with Gasteiger partial charge in [0, 0.05) is 24.7 Å². The number of alkyl halides is 1. The molecule has 0 saturated carbocycles. The van der Waals surface area contributed by atoms with Crippen LogP contribution in [0.4, 0.5) is 4.39 Å². The van der Waals surface area contributed by atoms with E-state index in [9.17, 15) is 14.0 Å². The molecule has 1 aliphatic rings. The first kappa shape index (κ1) is 14.8. The zero-order valence-electron chi connectivity index (χ0n) is 10.9. The summed E-state index contributed by atoms with van der Waals surface area (Å²) in [5, 5.41) is 2.86. The topological polar surface area (TPSA) is 49.4 Å². The number of rotatable bonds is 3. The van der Waals surface area contributed by atoms with E-state index < -0.39 is 5.82 Å². The van der Waals surface area contributed by atoms with E-state index in [0.717, 1.165) is 0 Å². The normalized spacial score (nSPS) is 16.0. The number of carbonyl (C=O) groups is 2. The average molecular weight is 299 g/mol. The van der Waals surface area contributed by atoms with Crippen LogP contribution in [0.2, 0.25) is 0 Å². The highest BCUT2D eigenvalue weighted by atomic mass is 35.5. The van der Waals surface area contributed by atoms with Crippen molar-refractivity contribution >= 4 is 23.4 Å². The van der Waals surface area contributed by atoms with E-state index in [1.807, 2.05) is 0 Å². The van der Waals surface area contributed by atoms with E-state index in [-0.39, 0.29) is 23.7 Å². The molecule has 0 atom stereocenters. The molecule has 0 aromatic heterocycles. The highest BCUT2D eigenvalue weighted by Gasteiger charge is 2.23. The van der Waals surface area contributed by atoms with Crippen LogP contribution in [0.3, 0.4) is 0 Å². The Labute approximate surface area is 121 Å². The van der Waals surface area contributed by atoms with Crippen molar-refractivity contribution in [2.24, 2.45) is 0 Å². The Morgan fingerprint density at radius 3 is 2.65 bits per heavy atom. The lowest BCUT2D eigenvalue weighted by atomic mass is 10.0. The Balaban J connectivity index is 1.86. The van der Waals surface area contributed by atoms with Gasteiger partial charge >= 0.3 is 0 Å². The number of nitrogens with one attached hydrogen (secondary N) is 1. The summed E-state index contributed by atoms with van der Waals surface area (Å²) in [4.78, 5) is 25.1. The van der Waals surface area contributed by atoms with Crippen molar-refractivity contribution in [3.05, 3.63) is 35.6 Å². The van der Waals surface area contributed by atoms with Gasteiger partial charge in [-0.15, -0.1) is 11.6 Å². The Kier molecular flexibility index (Phi) is 4.95. The highest BCUT2D eigenvalue weighted by molar-refractivity contribution is 6.27. The maximum atomic E-state index is 13.0. The first-order chi connectivity index (χ1) is 9.60. The Hall–Kier alpha value is -1.62. The third kappa shape index (κ3) is 3.70. The SMILES string of the molecule is O=C(NC1CCN(C(=O)CCl)CC1)c1cccc(F)c1. The van der Waals surface area contributed by atoms with Crippen LogP contribution < -0.4 is 5.32 Å². The van der Waals surface area contributed by atoms with Gasteiger partial charge < -0.3 is 10.2 Å². The summed E-state index contributed by atoms with van der Waals surface area (Å²) < 4.78 is 13.0. The van der Waals surface area contributed by atoms with Gasteiger partial charge in [0.15, 0.2) is 0 Å².